The van der Waals surface area contributed by atoms with Crippen LogP contribution in [0.4, 0.5) is 0 Å². The fraction of sp³-hybridized carbons (Fsp3) is 0.167. The molecule has 0 fully saturated rings. The van der Waals surface area contributed by atoms with Gasteiger partial charge in [0.05, 0.1) is 0 Å². The molecule has 1 rings (SSSR count). The van der Waals surface area contributed by atoms with Crippen molar-refractivity contribution in [1.82, 2.24) is 0 Å². The summed E-state index contributed by atoms with van der Waals surface area (Å²) in [6, 6.07) is 0. The third-order valence-corrected chi connectivity index (χ3v) is 0.706. The van der Waals surface area contributed by atoms with Crippen molar-refractivity contribution in [3.63, 3.8) is 0 Å². The molecule has 0 bridgehead atoms. The van der Waals surface area contributed by atoms with Crippen molar-refractivity contribution < 1.29 is 4.79 Å². The highest BCUT2D eigenvalue weighted by Crippen LogP contribution is 1.92. The maximum Gasteiger partial charge on any atom is 0.160 e. The van der Waals surface area contributed by atoms with E-state index in [1.165, 1.54) is 6.08 Å². The van der Waals surface area contributed by atoms with Crippen molar-refractivity contribution in [3.8, 4) is 0 Å². The third kappa shape index (κ3) is 1.000. The number of hydrogen-bond donors (Lipinski definition) is 0. The highest BCUT2D eigenvalue weighted by atomic mass is 16.1. The summed E-state index contributed by atoms with van der Waals surface area (Å²) in [5.74, 6) is 0.0856. The second-order valence-electron chi connectivity index (χ2n) is 1.30. The summed E-state index contributed by atoms with van der Waals surface area (Å²) < 4.78 is 0. The number of allylic oxidation sites excluding steroid dienone is 4. The number of rotatable bonds is 0. The Bertz CT molecular complexity index is 131. The molecular weight excluding hydrogens is 88.1 g/mol. The van der Waals surface area contributed by atoms with Gasteiger partial charge in [-0.1, -0.05) is 6.08 Å². The van der Waals surface area contributed by atoms with Gasteiger partial charge in [-0.15, -0.1) is 0 Å². The standard InChI is InChI=1S/C6H4O/c7-6-4-2-1-3-5-6/h1,4H,5H2. The summed E-state index contributed by atoms with van der Waals surface area (Å²) in [5, 5.41) is 0. The molecule has 0 heterocycles. The van der Waals surface area contributed by atoms with Crippen molar-refractivity contribution in [1.29, 1.82) is 0 Å². The van der Waals surface area contributed by atoms with Crippen LogP contribution in [0, 0.1) is 12.2 Å². The molecule has 0 saturated heterocycles. The Morgan fingerprint density at radius 3 is 2.86 bits per heavy atom. The Morgan fingerprint density at radius 1 is 1.71 bits per heavy atom. The minimum absolute atomic E-state index is 0.0856. The van der Waals surface area contributed by atoms with Crippen LogP contribution in [0.2, 0.25) is 0 Å². The van der Waals surface area contributed by atoms with Gasteiger partial charge in [-0.05, 0) is 18.2 Å². The summed E-state index contributed by atoms with van der Waals surface area (Å²) in [6.45, 7) is 0. The van der Waals surface area contributed by atoms with Crippen LogP contribution in [-0.2, 0) is 4.79 Å². The van der Waals surface area contributed by atoms with Gasteiger partial charge in [0.25, 0.3) is 0 Å². The molecule has 1 aliphatic rings. The molecule has 0 aromatic carbocycles. The van der Waals surface area contributed by atoms with Crippen molar-refractivity contribution in [2.24, 2.45) is 0 Å². The van der Waals surface area contributed by atoms with E-state index in [0.717, 1.165) is 0 Å². The fourth-order valence-electron chi connectivity index (χ4n) is 0.396. The second kappa shape index (κ2) is 1.73. The van der Waals surface area contributed by atoms with E-state index in [9.17, 15) is 4.79 Å². The van der Waals surface area contributed by atoms with Crippen LogP contribution >= 0.6 is 0 Å². The van der Waals surface area contributed by atoms with Gasteiger partial charge in [0.1, 0.15) is 0 Å². The highest BCUT2D eigenvalue weighted by molar-refractivity contribution is 5.90. The van der Waals surface area contributed by atoms with Crippen LogP contribution in [-0.4, -0.2) is 5.78 Å². The summed E-state index contributed by atoms with van der Waals surface area (Å²) in [6.07, 6.45) is 8.82. The first-order chi connectivity index (χ1) is 3.39. The van der Waals surface area contributed by atoms with E-state index in [0.29, 0.717) is 6.42 Å². The maximum absolute atomic E-state index is 10.3. The Kier molecular flexibility index (Phi) is 1.07. The molecule has 34 valence electrons. The monoisotopic (exact) mass is 92.0 g/mol. The SMILES string of the molecule is O=C1C=[C]C=[C]C1. The molecule has 0 N–H and O–H groups in total. The van der Waals surface area contributed by atoms with Crippen molar-refractivity contribution in [3.05, 3.63) is 24.3 Å². The van der Waals surface area contributed by atoms with Crippen molar-refractivity contribution in [2.75, 3.05) is 0 Å². The minimum Gasteiger partial charge on any atom is -0.294 e. The predicted molar refractivity (Wildman–Crippen MR) is 25.2 cm³/mol. The van der Waals surface area contributed by atoms with Crippen LogP contribution in [0.3, 0.4) is 0 Å². The lowest BCUT2D eigenvalue weighted by atomic mass is 10.2. The van der Waals surface area contributed by atoms with E-state index in [-0.39, 0.29) is 5.78 Å². The van der Waals surface area contributed by atoms with Gasteiger partial charge in [0, 0.05) is 6.42 Å². The van der Waals surface area contributed by atoms with Crippen LogP contribution in [0.5, 0.6) is 0 Å². The Morgan fingerprint density at radius 2 is 2.57 bits per heavy atom. The number of hydrogen-bond acceptors (Lipinski definition) is 1. The first-order valence-corrected chi connectivity index (χ1v) is 2.07. The topological polar surface area (TPSA) is 17.1 Å². The zero-order valence-corrected chi connectivity index (χ0v) is 3.77. The lowest BCUT2D eigenvalue weighted by molar-refractivity contribution is -0.114. The molecule has 0 spiro atoms. The molecule has 0 saturated carbocycles. The van der Waals surface area contributed by atoms with Gasteiger partial charge >= 0.3 is 0 Å². The molecule has 0 amide bonds. The van der Waals surface area contributed by atoms with E-state index >= 15 is 0 Å². The first-order valence-electron chi connectivity index (χ1n) is 2.07. The zero-order valence-electron chi connectivity index (χ0n) is 3.77. The predicted octanol–water partition coefficient (Wildman–Crippen LogP) is 0.678. The molecule has 0 aromatic heterocycles. The van der Waals surface area contributed by atoms with Gasteiger partial charge in [0.2, 0.25) is 0 Å². The molecule has 0 atom stereocenters. The average molecular weight is 92.1 g/mol. The summed E-state index contributed by atoms with van der Waals surface area (Å²) in [7, 11) is 0. The van der Waals surface area contributed by atoms with Gasteiger partial charge < -0.3 is 0 Å². The molecule has 0 unspecified atom stereocenters. The van der Waals surface area contributed by atoms with Crippen molar-refractivity contribution in [2.45, 2.75) is 6.42 Å². The van der Waals surface area contributed by atoms with Gasteiger partial charge in [0.15, 0.2) is 5.78 Å². The minimum atomic E-state index is 0.0856. The molecule has 1 nitrogen and oxygen atoms in total. The molecule has 1 heteroatoms. The van der Waals surface area contributed by atoms with Crippen LogP contribution in [0.25, 0.3) is 0 Å². The third-order valence-electron chi connectivity index (χ3n) is 0.706. The number of ketones is 1. The number of carbonyl (C=O) groups excluding carboxylic acids is 1. The first kappa shape index (κ1) is 4.31. The van der Waals surface area contributed by atoms with E-state index in [2.05, 4.69) is 12.2 Å². The van der Waals surface area contributed by atoms with E-state index < -0.39 is 0 Å². The van der Waals surface area contributed by atoms with Crippen LogP contribution in [0.15, 0.2) is 12.2 Å². The summed E-state index contributed by atoms with van der Waals surface area (Å²) in [4.78, 5) is 10.3. The van der Waals surface area contributed by atoms with E-state index in [1.807, 2.05) is 0 Å². The molecule has 0 aliphatic heterocycles. The molecular formula is C6H4O. The molecule has 0 aromatic rings. The Labute approximate surface area is 42.3 Å². The largest absolute Gasteiger partial charge is 0.294 e. The van der Waals surface area contributed by atoms with Gasteiger partial charge in [-0.2, -0.15) is 0 Å². The summed E-state index contributed by atoms with van der Waals surface area (Å²) in [5.41, 5.74) is 0. The van der Waals surface area contributed by atoms with E-state index in [1.54, 1.807) is 6.08 Å². The second-order valence-corrected chi connectivity index (χ2v) is 1.30. The smallest absolute Gasteiger partial charge is 0.160 e. The van der Waals surface area contributed by atoms with Crippen molar-refractivity contribution >= 4 is 5.78 Å². The average Bonchev–Trinajstić information content (AvgIpc) is 1.69. The molecule has 7 heavy (non-hydrogen) atoms. The fourth-order valence-corrected chi connectivity index (χ4v) is 0.396. The van der Waals surface area contributed by atoms with Gasteiger partial charge in [-0.25, -0.2) is 0 Å². The van der Waals surface area contributed by atoms with E-state index in [4.69, 9.17) is 0 Å². The Hall–Kier alpha value is -0.850. The van der Waals surface area contributed by atoms with Gasteiger partial charge in [-0.3, -0.25) is 4.79 Å². The van der Waals surface area contributed by atoms with Crippen LogP contribution in [0.1, 0.15) is 6.42 Å². The lowest BCUT2D eigenvalue weighted by Gasteiger charge is -1.87. The summed E-state index contributed by atoms with van der Waals surface area (Å²) >= 11 is 0. The maximum atomic E-state index is 10.3. The van der Waals surface area contributed by atoms with Crippen LogP contribution < -0.4 is 0 Å². The zero-order chi connectivity index (χ0) is 5.11. The number of carbonyl (C=O) groups is 1. The quantitative estimate of drug-likeness (QED) is 0.429. The lowest BCUT2D eigenvalue weighted by Crippen LogP contribution is -1.91. The highest BCUT2D eigenvalue weighted by Gasteiger charge is 1.93. The molecule has 1 aliphatic carbocycles. The normalized spacial score (nSPS) is 18.0. The molecule has 2 radical (unpaired) electrons. The Balaban J connectivity index is 2.66.